The van der Waals surface area contributed by atoms with Crippen molar-refractivity contribution >= 4 is 17.2 Å². The van der Waals surface area contributed by atoms with Gasteiger partial charge in [-0.3, -0.25) is 0 Å². The zero-order valence-electron chi connectivity index (χ0n) is 5.35. The Balaban J connectivity index is 3.69. The molecule has 0 saturated carbocycles. The van der Waals surface area contributed by atoms with Crippen LogP contribution in [0.1, 0.15) is 6.92 Å². The van der Waals surface area contributed by atoms with E-state index < -0.39 is 0 Å². The summed E-state index contributed by atoms with van der Waals surface area (Å²) in [6, 6.07) is 0. The van der Waals surface area contributed by atoms with Gasteiger partial charge in [-0.1, -0.05) is 12.2 Å². The van der Waals surface area contributed by atoms with Crippen LogP contribution in [0.3, 0.4) is 0 Å². The van der Waals surface area contributed by atoms with E-state index in [0.29, 0.717) is 10.8 Å². The van der Waals surface area contributed by atoms with Crippen LogP contribution in [-0.2, 0) is 0 Å². The van der Waals surface area contributed by atoms with Gasteiger partial charge in [0.05, 0.1) is 10.8 Å². The molecule has 0 atom stereocenters. The van der Waals surface area contributed by atoms with Crippen LogP contribution < -0.4 is 16.8 Å². The quantitative estimate of drug-likeness (QED) is 0.376. The van der Waals surface area contributed by atoms with E-state index in [2.05, 4.69) is 17.5 Å². The Morgan fingerprint density at radius 2 is 2.22 bits per heavy atom. The first kappa shape index (κ1) is 8.23. The van der Waals surface area contributed by atoms with Crippen LogP contribution >= 0.6 is 12.2 Å². The Bertz CT molecular complexity index is 130. The minimum Gasteiger partial charge on any atom is -0.390 e. The lowest BCUT2D eigenvalue weighted by atomic mass is 10.5. The maximum absolute atomic E-state index is 5.37. The van der Waals surface area contributed by atoms with Gasteiger partial charge in [0.25, 0.3) is 0 Å². The van der Waals surface area contributed by atoms with Crippen molar-refractivity contribution in [3.63, 3.8) is 0 Å². The van der Waals surface area contributed by atoms with Gasteiger partial charge in [-0.25, -0.2) is 0 Å². The van der Waals surface area contributed by atoms with Crippen molar-refractivity contribution in [1.82, 2.24) is 5.32 Å². The van der Waals surface area contributed by atoms with Crippen molar-refractivity contribution in [3.8, 4) is 0 Å². The molecule has 0 saturated heterocycles. The van der Waals surface area contributed by atoms with Gasteiger partial charge in [-0.05, 0) is 6.92 Å². The number of thiocarbonyl (C=S) groups is 1. The Labute approximate surface area is 60.1 Å². The summed E-state index contributed by atoms with van der Waals surface area (Å²) in [6.45, 7) is 2.73. The highest BCUT2D eigenvalue weighted by atomic mass is 32.1. The fraction of sp³-hybridized carbons (Fsp3) is 0.400. The molecular weight excluding hydrogens is 134 g/mol. The predicted molar refractivity (Wildman–Crippen MR) is 42.7 cm³/mol. The maximum atomic E-state index is 5.37. The summed E-state index contributed by atoms with van der Waals surface area (Å²) >= 11 is 4.57. The molecule has 0 aliphatic carbocycles. The third kappa shape index (κ3) is 5.10. The molecule has 0 aromatic rings. The Morgan fingerprint density at radius 3 is 2.56 bits per heavy atom. The molecule has 5 N–H and O–H groups in total. The predicted octanol–water partition coefficient (Wildman–Crippen LogP) is -0.318. The van der Waals surface area contributed by atoms with Gasteiger partial charge >= 0.3 is 0 Å². The average Bonchev–Trinajstić information content (AvgIpc) is 1.63. The van der Waals surface area contributed by atoms with E-state index in [1.165, 1.54) is 6.08 Å². The second kappa shape index (κ2) is 4.14. The first-order valence-corrected chi connectivity index (χ1v) is 3.08. The first-order chi connectivity index (χ1) is 4.16. The molecule has 0 radical (unpaired) electrons. The molecule has 0 rings (SSSR count). The van der Waals surface area contributed by atoms with E-state index in [0.717, 1.165) is 6.54 Å². The van der Waals surface area contributed by atoms with Crippen molar-refractivity contribution in [2.45, 2.75) is 6.92 Å². The lowest BCUT2D eigenvalue weighted by molar-refractivity contribution is 0.842. The molecular formula is C5H11N3S. The molecule has 0 aliphatic rings. The van der Waals surface area contributed by atoms with E-state index >= 15 is 0 Å². The zero-order chi connectivity index (χ0) is 7.28. The van der Waals surface area contributed by atoms with E-state index in [9.17, 15) is 0 Å². The van der Waals surface area contributed by atoms with E-state index in [-0.39, 0.29) is 0 Å². The lowest BCUT2D eigenvalue weighted by Gasteiger charge is -1.99. The van der Waals surface area contributed by atoms with Crippen molar-refractivity contribution in [1.29, 1.82) is 0 Å². The highest BCUT2D eigenvalue weighted by Crippen LogP contribution is 1.75. The first-order valence-electron chi connectivity index (χ1n) is 2.67. The molecule has 0 amide bonds. The van der Waals surface area contributed by atoms with E-state index in [1.54, 1.807) is 0 Å². The lowest BCUT2D eigenvalue weighted by Crippen LogP contribution is -2.21. The summed E-state index contributed by atoms with van der Waals surface area (Å²) in [6.07, 6.45) is 1.51. The van der Waals surface area contributed by atoms with Crippen LogP contribution in [0, 0.1) is 0 Å². The van der Waals surface area contributed by atoms with Crippen LogP contribution in [0.5, 0.6) is 0 Å². The van der Waals surface area contributed by atoms with Gasteiger partial charge < -0.3 is 16.8 Å². The van der Waals surface area contributed by atoms with E-state index in [4.69, 9.17) is 11.5 Å². The summed E-state index contributed by atoms with van der Waals surface area (Å²) in [5.74, 6) is 0.519. The molecule has 0 fully saturated rings. The highest BCUT2D eigenvalue weighted by molar-refractivity contribution is 7.80. The van der Waals surface area contributed by atoms with Gasteiger partial charge in [0.15, 0.2) is 0 Å². The molecule has 0 aromatic heterocycles. The Hall–Kier alpha value is -0.770. The van der Waals surface area contributed by atoms with E-state index in [1.807, 2.05) is 6.92 Å². The van der Waals surface area contributed by atoms with Gasteiger partial charge in [-0.15, -0.1) is 0 Å². The molecule has 0 aliphatic heterocycles. The standard InChI is InChI=1S/C5H11N3S/c1-2-8-4(6)3-5(7)9/h3,8H,2,6H2,1H3,(H2,7,9). The van der Waals surface area contributed by atoms with Crippen LogP contribution in [0.25, 0.3) is 0 Å². The summed E-state index contributed by atoms with van der Waals surface area (Å²) in [4.78, 5) is 0.299. The van der Waals surface area contributed by atoms with Crippen LogP contribution in [-0.4, -0.2) is 11.5 Å². The fourth-order valence-electron chi connectivity index (χ4n) is 0.408. The summed E-state index contributed by atoms with van der Waals surface area (Å²) in [5.41, 5.74) is 10.5. The van der Waals surface area contributed by atoms with Crippen molar-refractivity contribution in [2.24, 2.45) is 11.5 Å². The monoisotopic (exact) mass is 145 g/mol. The topological polar surface area (TPSA) is 64.1 Å². The molecule has 0 aromatic carbocycles. The minimum absolute atomic E-state index is 0.299. The van der Waals surface area contributed by atoms with Crippen molar-refractivity contribution in [2.75, 3.05) is 6.54 Å². The normalized spacial score (nSPS) is 11.0. The average molecular weight is 145 g/mol. The molecule has 52 valence electrons. The number of hydrogen-bond donors (Lipinski definition) is 3. The number of rotatable bonds is 3. The highest BCUT2D eigenvalue weighted by Gasteiger charge is 1.84. The minimum atomic E-state index is 0.299. The maximum Gasteiger partial charge on any atom is 0.0998 e. The number of hydrogen-bond acceptors (Lipinski definition) is 3. The molecule has 0 unspecified atom stereocenters. The van der Waals surface area contributed by atoms with Crippen LogP contribution in [0.2, 0.25) is 0 Å². The second-order valence-corrected chi connectivity index (χ2v) is 2.00. The Kier molecular flexibility index (Phi) is 3.79. The van der Waals surface area contributed by atoms with Gasteiger partial charge in [-0.2, -0.15) is 0 Å². The molecule has 9 heavy (non-hydrogen) atoms. The third-order valence-electron chi connectivity index (χ3n) is 0.679. The Morgan fingerprint density at radius 1 is 1.67 bits per heavy atom. The molecule has 0 bridgehead atoms. The van der Waals surface area contributed by atoms with Crippen molar-refractivity contribution < 1.29 is 0 Å². The zero-order valence-corrected chi connectivity index (χ0v) is 6.16. The molecule has 3 nitrogen and oxygen atoms in total. The van der Waals surface area contributed by atoms with Gasteiger partial charge in [0, 0.05) is 12.6 Å². The fourth-order valence-corrected chi connectivity index (χ4v) is 0.535. The van der Waals surface area contributed by atoms with Crippen molar-refractivity contribution in [3.05, 3.63) is 11.9 Å². The van der Waals surface area contributed by atoms with Gasteiger partial charge in [0.2, 0.25) is 0 Å². The molecule has 0 heterocycles. The van der Waals surface area contributed by atoms with Gasteiger partial charge in [0.1, 0.15) is 0 Å². The third-order valence-corrected chi connectivity index (χ3v) is 0.797. The molecule has 4 heteroatoms. The summed E-state index contributed by atoms with van der Waals surface area (Å²) in [5, 5.41) is 2.85. The van der Waals surface area contributed by atoms with Crippen LogP contribution in [0.4, 0.5) is 0 Å². The number of nitrogens with two attached hydrogens (primary N) is 2. The smallest absolute Gasteiger partial charge is 0.0998 e. The summed E-state index contributed by atoms with van der Waals surface area (Å²) in [7, 11) is 0. The largest absolute Gasteiger partial charge is 0.390 e. The molecule has 0 spiro atoms. The second-order valence-electron chi connectivity index (χ2n) is 1.53. The summed E-state index contributed by atoms with van der Waals surface area (Å²) < 4.78 is 0. The van der Waals surface area contributed by atoms with Crippen LogP contribution in [0.15, 0.2) is 11.9 Å². The SMILES string of the molecule is CCNC(N)=CC(N)=S. The number of nitrogens with one attached hydrogen (secondary N) is 1.